The summed E-state index contributed by atoms with van der Waals surface area (Å²) in [7, 11) is 0. The van der Waals surface area contributed by atoms with Crippen LogP contribution in [0, 0.1) is 0 Å². The normalized spacial score (nSPS) is 10.9. The molecule has 0 saturated heterocycles. The molecular formula is C25H23F3N4O4. The summed E-state index contributed by atoms with van der Waals surface area (Å²) < 4.78 is 39.0. The molecular weight excluding hydrogens is 477 g/mol. The van der Waals surface area contributed by atoms with Gasteiger partial charge in [0.15, 0.2) is 0 Å². The Morgan fingerprint density at radius 1 is 1.06 bits per heavy atom. The summed E-state index contributed by atoms with van der Waals surface area (Å²) in [6.45, 7) is -1.59. The van der Waals surface area contributed by atoms with E-state index in [1.54, 1.807) is 29.7 Å². The van der Waals surface area contributed by atoms with E-state index in [4.69, 9.17) is 15.0 Å². The highest BCUT2D eigenvalue weighted by Gasteiger charge is 2.27. The van der Waals surface area contributed by atoms with Crippen molar-refractivity contribution in [2.75, 3.05) is 18.5 Å². The number of aliphatic hydroxyl groups is 1. The van der Waals surface area contributed by atoms with Gasteiger partial charge in [-0.15, -0.1) is 0 Å². The second-order valence-corrected chi connectivity index (χ2v) is 7.54. The molecule has 8 nitrogen and oxygen atoms in total. The molecule has 0 spiro atoms. The van der Waals surface area contributed by atoms with E-state index in [0.29, 0.717) is 17.8 Å². The molecule has 2 amide bonds. The number of benzene rings is 2. The average Bonchev–Trinajstić information content (AvgIpc) is 3.32. The molecule has 2 aromatic carbocycles. The molecule has 36 heavy (non-hydrogen) atoms. The van der Waals surface area contributed by atoms with Crippen LogP contribution in [-0.2, 0) is 11.2 Å². The van der Waals surface area contributed by atoms with Crippen LogP contribution in [0.25, 0.3) is 27.9 Å². The number of pyridine rings is 1. The topological polar surface area (TPSA) is 116 Å². The largest absolute Gasteiger partial charge is 0.483 e. The molecule has 2 heterocycles. The second kappa shape index (κ2) is 11.8. The Hall–Kier alpha value is -4.38. The Kier molecular flexibility index (Phi) is 8.63. The van der Waals surface area contributed by atoms with Crippen LogP contribution in [0.3, 0.4) is 0 Å². The molecule has 4 aromatic rings. The number of amides is 2. The van der Waals surface area contributed by atoms with Crippen LogP contribution in [-0.4, -0.2) is 51.4 Å². The van der Waals surface area contributed by atoms with Crippen molar-refractivity contribution in [3.05, 3.63) is 78.8 Å². The minimum Gasteiger partial charge on any atom is -0.483 e. The van der Waals surface area contributed by atoms with Crippen molar-refractivity contribution in [3.63, 3.8) is 0 Å². The van der Waals surface area contributed by atoms with Gasteiger partial charge in [0.25, 0.3) is 6.47 Å². The molecule has 0 radical (unpaired) electrons. The quantitative estimate of drug-likeness (QED) is 0.289. The fourth-order valence-electron chi connectivity index (χ4n) is 3.60. The maximum Gasteiger partial charge on any atom is 0.405 e. The van der Waals surface area contributed by atoms with Gasteiger partial charge in [0.1, 0.15) is 12.2 Å². The number of rotatable bonds is 6. The predicted molar refractivity (Wildman–Crippen MR) is 129 cm³/mol. The highest BCUT2D eigenvalue weighted by atomic mass is 19.4. The number of carbonyl (C=O) groups excluding carboxylic acids is 1. The Morgan fingerprint density at radius 3 is 2.44 bits per heavy atom. The van der Waals surface area contributed by atoms with Crippen molar-refractivity contribution in [3.8, 4) is 22.3 Å². The lowest BCUT2D eigenvalue weighted by Gasteiger charge is -2.14. The van der Waals surface area contributed by atoms with Crippen LogP contribution >= 0.6 is 0 Å². The number of nitrogens with one attached hydrogen (secondary N) is 2. The van der Waals surface area contributed by atoms with Gasteiger partial charge in [0.05, 0.1) is 0 Å². The van der Waals surface area contributed by atoms with Gasteiger partial charge in [-0.2, -0.15) is 13.2 Å². The summed E-state index contributed by atoms with van der Waals surface area (Å²) in [5.74, 6) is 0. The second-order valence-electron chi connectivity index (χ2n) is 7.54. The van der Waals surface area contributed by atoms with E-state index < -0.39 is 18.8 Å². The number of imidazole rings is 1. The van der Waals surface area contributed by atoms with E-state index in [1.165, 1.54) is 0 Å². The lowest BCUT2D eigenvalue weighted by atomic mass is 9.94. The smallest absolute Gasteiger partial charge is 0.405 e. The summed E-state index contributed by atoms with van der Waals surface area (Å²) in [6.07, 6.45) is 1.47. The van der Waals surface area contributed by atoms with Gasteiger partial charge >= 0.3 is 12.2 Å². The third kappa shape index (κ3) is 6.83. The maximum atomic E-state index is 12.4. The molecule has 4 N–H and O–H groups in total. The van der Waals surface area contributed by atoms with Gasteiger partial charge in [-0.25, -0.2) is 9.78 Å². The van der Waals surface area contributed by atoms with Gasteiger partial charge in [-0.3, -0.25) is 4.79 Å². The molecule has 0 unspecified atom stereocenters. The molecule has 188 valence electrons. The first-order valence-electron chi connectivity index (χ1n) is 10.7. The summed E-state index contributed by atoms with van der Waals surface area (Å²) in [5, 5.41) is 20.3. The van der Waals surface area contributed by atoms with Crippen LogP contribution in [0.15, 0.2) is 73.2 Å². The van der Waals surface area contributed by atoms with Crippen molar-refractivity contribution < 1.29 is 33.0 Å². The first-order chi connectivity index (χ1) is 17.3. The van der Waals surface area contributed by atoms with Crippen LogP contribution in [0.5, 0.6) is 0 Å². The summed E-state index contributed by atoms with van der Waals surface area (Å²) in [5.41, 5.74) is 5.48. The Labute approximate surface area is 204 Å². The number of urea groups is 1. The van der Waals surface area contributed by atoms with E-state index in [1.807, 2.05) is 53.2 Å². The number of nitrogens with zero attached hydrogens (tertiary/aromatic N) is 2. The van der Waals surface area contributed by atoms with Crippen molar-refractivity contribution in [2.45, 2.75) is 12.6 Å². The standard InChI is InChI=1S/C24H21F3N4O2.CH2O2/c25-24(26,27)15-29-23(33)30-19-3-1-2-18(14-19)21-20(8-11-31-12-10-28-22(21)31)17-6-4-16(5-7-17)9-13-32;2-1-3/h1-8,10-12,14,32H,9,13,15H2,(H2,29,30,33);1H,(H,2,3). The van der Waals surface area contributed by atoms with Crippen molar-refractivity contribution in [1.82, 2.24) is 14.7 Å². The number of hydrogen-bond donors (Lipinski definition) is 4. The lowest BCUT2D eigenvalue weighted by Crippen LogP contribution is -2.36. The number of anilines is 1. The van der Waals surface area contributed by atoms with E-state index in [2.05, 4.69) is 10.3 Å². The molecule has 0 fully saturated rings. The predicted octanol–water partition coefficient (Wildman–Crippen LogP) is 4.59. The number of hydrogen-bond acceptors (Lipinski definition) is 4. The van der Waals surface area contributed by atoms with Gasteiger partial charge < -0.3 is 25.2 Å². The van der Waals surface area contributed by atoms with Gasteiger partial charge in [0, 0.05) is 36.4 Å². The molecule has 0 bridgehead atoms. The Morgan fingerprint density at radius 2 is 1.78 bits per heavy atom. The molecule has 0 aliphatic carbocycles. The highest BCUT2D eigenvalue weighted by molar-refractivity contribution is 5.95. The summed E-state index contributed by atoms with van der Waals surface area (Å²) in [6, 6.07) is 15.7. The number of aliphatic hydroxyl groups excluding tert-OH is 1. The van der Waals surface area contributed by atoms with E-state index in [0.717, 1.165) is 27.8 Å². The molecule has 2 aromatic heterocycles. The summed E-state index contributed by atoms with van der Waals surface area (Å²) in [4.78, 5) is 24.7. The highest BCUT2D eigenvalue weighted by Crippen LogP contribution is 2.36. The van der Waals surface area contributed by atoms with Gasteiger partial charge in [-0.05, 0) is 46.9 Å². The zero-order valence-electron chi connectivity index (χ0n) is 18.9. The number of fused-ring (bicyclic) bond motifs is 1. The zero-order chi connectivity index (χ0) is 26.1. The number of carbonyl (C=O) groups is 2. The van der Waals surface area contributed by atoms with Crippen LogP contribution in [0.4, 0.5) is 23.7 Å². The third-order valence-electron chi connectivity index (χ3n) is 5.09. The fraction of sp³-hybridized carbons (Fsp3) is 0.160. The SMILES string of the molecule is O=C(NCC(F)(F)F)Nc1cccc(-c2c(-c3ccc(CCO)cc3)ccn3ccnc23)c1.O=CO. The molecule has 0 saturated carbocycles. The molecule has 0 aliphatic heterocycles. The van der Waals surface area contributed by atoms with Gasteiger partial charge in [0.2, 0.25) is 0 Å². The Bertz CT molecular complexity index is 1320. The van der Waals surface area contributed by atoms with Crippen LogP contribution in [0.1, 0.15) is 5.56 Å². The van der Waals surface area contributed by atoms with E-state index in [9.17, 15) is 18.0 Å². The molecule has 0 aliphatic rings. The zero-order valence-corrected chi connectivity index (χ0v) is 18.9. The number of alkyl halides is 3. The van der Waals surface area contributed by atoms with Crippen LogP contribution < -0.4 is 10.6 Å². The van der Waals surface area contributed by atoms with Crippen molar-refractivity contribution in [2.24, 2.45) is 0 Å². The minimum absolute atomic E-state index is 0.0704. The lowest BCUT2D eigenvalue weighted by molar-refractivity contribution is -0.123. The molecule has 11 heteroatoms. The minimum atomic E-state index is -4.49. The van der Waals surface area contributed by atoms with E-state index >= 15 is 0 Å². The first-order valence-corrected chi connectivity index (χ1v) is 10.7. The fourth-order valence-corrected chi connectivity index (χ4v) is 3.60. The molecule has 0 atom stereocenters. The maximum absolute atomic E-state index is 12.4. The Balaban J connectivity index is 0.00000115. The van der Waals surface area contributed by atoms with Crippen LogP contribution in [0.2, 0.25) is 0 Å². The summed E-state index contributed by atoms with van der Waals surface area (Å²) >= 11 is 0. The van der Waals surface area contributed by atoms with Gasteiger partial charge in [-0.1, -0.05) is 36.4 Å². The van der Waals surface area contributed by atoms with Crippen molar-refractivity contribution in [1.29, 1.82) is 0 Å². The van der Waals surface area contributed by atoms with E-state index in [-0.39, 0.29) is 13.1 Å². The number of carboxylic acid groups (broad SMARTS) is 1. The van der Waals surface area contributed by atoms with Crippen molar-refractivity contribution >= 4 is 23.8 Å². The monoisotopic (exact) mass is 500 g/mol. The number of aromatic nitrogens is 2. The number of halogens is 3. The molecule has 4 rings (SSSR count). The average molecular weight is 500 g/mol. The first kappa shape index (κ1) is 26.2. The third-order valence-corrected chi connectivity index (χ3v) is 5.09.